The predicted octanol–water partition coefficient (Wildman–Crippen LogP) is 3.27. The molecule has 3 rings (SSSR count). The number of amides is 2. The van der Waals surface area contributed by atoms with Crippen molar-refractivity contribution in [2.24, 2.45) is 0 Å². The molecule has 7 heteroatoms. The Morgan fingerprint density at radius 2 is 1.88 bits per heavy atom. The molecule has 0 saturated carbocycles. The second-order valence-electron chi connectivity index (χ2n) is 5.71. The van der Waals surface area contributed by atoms with E-state index >= 15 is 0 Å². The van der Waals surface area contributed by atoms with Crippen LogP contribution >= 0.6 is 22.7 Å². The molecule has 0 fully saturated rings. The molecule has 0 saturated heterocycles. The molecule has 0 radical (unpaired) electrons. The second-order valence-corrected chi connectivity index (χ2v) is 7.72. The summed E-state index contributed by atoms with van der Waals surface area (Å²) in [5, 5.41) is 10.4. The number of aryl methyl sites for hydroxylation is 1. The Labute approximate surface area is 160 Å². The third-order valence-corrected chi connectivity index (χ3v) is 5.40. The molecule has 0 atom stereocenters. The van der Waals surface area contributed by atoms with Crippen LogP contribution in [-0.4, -0.2) is 29.9 Å². The van der Waals surface area contributed by atoms with Crippen molar-refractivity contribution in [2.45, 2.75) is 13.3 Å². The molecule has 0 aliphatic rings. The maximum Gasteiger partial charge on any atom is 0.261 e. The van der Waals surface area contributed by atoms with Gasteiger partial charge in [0.05, 0.1) is 22.1 Å². The lowest BCUT2D eigenvalue weighted by Gasteiger charge is -2.07. The summed E-state index contributed by atoms with van der Waals surface area (Å²) in [6, 6.07) is 11.7. The van der Waals surface area contributed by atoms with Crippen LogP contribution in [0.5, 0.6) is 0 Å². The summed E-state index contributed by atoms with van der Waals surface area (Å²) in [6.45, 7) is 2.51. The van der Waals surface area contributed by atoms with E-state index < -0.39 is 0 Å². The molecule has 0 unspecified atom stereocenters. The summed E-state index contributed by atoms with van der Waals surface area (Å²) in [5.41, 5.74) is 3.23. The van der Waals surface area contributed by atoms with E-state index in [-0.39, 0.29) is 18.4 Å². The minimum absolute atomic E-state index is 0.0150. The largest absolute Gasteiger partial charge is 0.354 e. The molecule has 134 valence electrons. The standard InChI is InChI=1S/C19H19N3O2S2/c1-13-22-16(12-26-13)15-6-4-14(5-7-15)8-9-20-18(23)11-21-19(24)17-3-2-10-25-17/h2-7,10,12H,8-9,11H2,1H3,(H,20,23)(H,21,24). The zero-order valence-electron chi connectivity index (χ0n) is 14.3. The van der Waals surface area contributed by atoms with E-state index in [9.17, 15) is 9.59 Å². The maximum absolute atomic E-state index is 11.8. The molecular formula is C19H19N3O2S2. The van der Waals surface area contributed by atoms with Crippen molar-refractivity contribution in [3.8, 4) is 11.3 Å². The van der Waals surface area contributed by atoms with Crippen molar-refractivity contribution in [1.29, 1.82) is 0 Å². The SMILES string of the molecule is Cc1nc(-c2ccc(CCNC(=O)CNC(=O)c3cccs3)cc2)cs1. The van der Waals surface area contributed by atoms with Gasteiger partial charge in [0.15, 0.2) is 0 Å². The van der Waals surface area contributed by atoms with Gasteiger partial charge in [-0.25, -0.2) is 4.98 Å². The second kappa shape index (κ2) is 8.73. The van der Waals surface area contributed by atoms with Gasteiger partial charge < -0.3 is 10.6 Å². The van der Waals surface area contributed by atoms with E-state index in [4.69, 9.17) is 0 Å². The summed E-state index contributed by atoms with van der Waals surface area (Å²) in [6.07, 6.45) is 0.737. The quantitative estimate of drug-likeness (QED) is 0.656. The topological polar surface area (TPSA) is 71.1 Å². The van der Waals surface area contributed by atoms with E-state index in [1.807, 2.05) is 24.4 Å². The summed E-state index contributed by atoms with van der Waals surface area (Å²) in [5.74, 6) is -0.410. The third kappa shape index (κ3) is 5.00. The van der Waals surface area contributed by atoms with Crippen LogP contribution in [0.25, 0.3) is 11.3 Å². The lowest BCUT2D eigenvalue weighted by atomic mass is 10.1. The average Bonchev–Trinajstić information content (AvgIpc) is 3.32. The number of hydrogen-bond acceptors (Lipinski definition) is 5. The van der Waals surface area contributed by atoms with E-state index in [2.05, 4.69) is 33.1 Å². The Morgan fingerprint density at radius 3 is 2.54 bits per heavy atom. The molecular weight excluding hydrogens is 366 g/mol. The number of carbonyl (C=O) groups excluding carboxylic acids is 2. The Morgan fingerprint density at radius 1 is 1.08 bits per heavy atom. The van der Waals surface area contributed by atoms with E-state index in [1.54, 1.807) is 23.5 Å². The fraction of sp³-hybridized carbons (Fsp3) is 0.211. The van der Waals surface area contributed by atoms with Crippen LogP contribution in [-0.2, 0) is 11.2 Å². The van der Waals surface area contributed by atoms with Crippen molar-refractivity contribution in [3.63, 3.8) is 0 Å². The van der Waals surface area contributed by atoms with Crippen LogP contribution in [0.4, 0.5) is 0 Å². The van der Waals surface area contributed by atoms with Gasteiger partial charge in [0.1, 0.15) is 0 Å². The van der Waals surface area contributed by atoms with Crippen molar-refractivity contribution < 1.29 is 9.59 Å². The summed E-state index contributed by atoms with van der Waals surface area (Å²) >= 11 is 2.99. The smallest absolute Gasteiger partial charge is 0.261 e. The molecule has 0 aliphatic heterocycles. The van der Waals surface area contributed by atoms with Crippen LogP contribution in [0.2, 0.25) is 0 Å². The Kier molecular flexibility index (Phi) is 6.14. The van der Waals surface area contributed by atoms with Gasteiger partial charge in [0.25, 0.3) is 5.91 Å². The van der Waals surface area contributed by atoms with Gasteiger partial charge in [-0.05, 0) is 30.4 Å². The number of hydrogen-bond donors (Lipinski definition) is 2. The molecule has 5 nitrogen and oxygen atoms in total. The molecule has 0 bridgehead atoms. The molecule has 2 aromatic heterocycles. The van der Waals surface area contributed by atoms with Gasteiger partial charge in [0.2, 0.25) is 5.91 Å². The van der Waals surface area contributed by atoms with Crippen molar-refractivity contribution in [3.05, 3.63) is 62.6 Å². The highest BCUT2D eigenvalue weighted by atomic mass is 32.1. The number of nitrogens with zero attached hydrogens (tertiary/aromatic N) is 1. The van der Waals surface area contributed by atoms with Crippen molar-refractivity contribution in [1.82, 2.24) is 15.6 Å². The molecule has 26 heavy (non-hydrogen) atoms. The molecule has 3 aromatic rings. The van der Waals surface area contributed by atoms with Crippen LogP contribution in [0.3, 0.4) is 0 Å². The van der Waals surface area contributed by atoms with Gasteiger partial charge in [-0.3, -0.25) is 9.59 Å². The first-order valence-corrected chi connectivity index (χ1v) is 9.97. The van der Waals surface area contributed by atoms with E-state index in [1.165, 1.54) is 11.3 Å². The van der Waals surface area contributed by atoms with Gasteiger partial charge in [-0.15, -0.1) is 22.7 Å². The maximum atomic E-state index is 11.8. The zero-order valence-corrected chi connectivity index (χ0v) is 16.0. The van der Waals surface area contributed by atoms with Gasteiger partial charge in [0, 0.05) is 17.5 Å². The van der Waals surface area contributed by atoms with Crippen molar-refractivity contribution >= 4 is 34.5 Å². The number of aromatic nitrogens is 1. The molecule has 2 N–H and O–H groups in total. The summed E-state index contributed by atoms with van der Waals surface area (Å²) in [7, 11) is 0. The first-order valence-electron chi connectivity index (χ1n) is 8.21. The Balaban J connectivity index is 1.40. The minimum atomic E-state index is -0.219. The number of thiophene rings is 1. The third-order valence-electron chi connectivity index (χ3n) is 3.76. The number of nitrogens with one attached hydrogen (secondary N) is 2. The minimum Gasteiger partial charge on any atom is -0.354 e. The highest BCUT2D eigenvalue weighted by molar-refractivity contribution is 7.12. The lowest BCUT2D eigenvalue weighted by molar-refractivity contribution is -0.120. The molecule has 0 aliphatic carbocycles. The van der Waals surface area contributed by atoms with Crippen LogP contribution in [0.15, 0.2) is 47.2 Å². The number of rotatable bonds is 7. The summed E-state index contributed by atoms with van der Waals surface area (Å²) in [4.78, 5) is 28.7. The Bertz CT molecular complexity index is 871. The lowest BCUT2D eigenvalue weighted by Crippen LogP contribution is -2.37. The summed E-state index contributed by atoms with van der Waals surface area (Å²) < 4.78 is 0. The number of benzene rings is 1. The monoisotopic (exact) mass is 385 g/mol. The first-order chi connectivity index (χ1) is 12.6. The fourth-order valence-electron chi connectivity index (χ4n) is 2.40. The first kappa shape index (κ1) is 18.3. The highest BCUT2D eigenvalue weighted by Gasteiger charge is 2.08. The van der Waals surface area contributed by atoms with Crippen LogP contribution in [0.1, 0.15) is 20.2 Å². The predicted molar refractivity (Wildman–Crippen MR) is 106 cm³/mol. The highest BCUT2D eigenvalue weighted by Crippen LogP contribution is 2.21. The molecule has 1 aromatic carbocycles. The molecule has 0 spiro atoms. The van der Waals surface area contributed by atoms with Crippen LogP contribution in [0, 0.1) is 6.92 Å². The molecule has 2 amide bonds. The number of carbonyl (C=O) groups is 2. The molecule has 2 heterocycles. The Hall–Kier alpha value is -2.51. The average molecular weight is 386 g/mol. The van der Waals surface area contributed by atoms with Gasteiger partial charge >= 0.3 is 0 Å². The van der Waals surface area contributed by atoms with Gasteiger partial charge in [-0.1, -0.05) is 30.3 Å². The van der Waals surface area contributed by atoms with E-state index in [0.717, 1.165) is 28.2 Å². The van der Waals surface area contributed by atoms with E-state index in [0.29, 0.717) is 11.4 Å². The fourth-order valence-corrected chi connectivity index (χ4v) is 3.66. The van der Waals surface area contributed by atoms with Crippen LogP contribution < -0.4 is 10.6 Å². The number of thiazole rings is 1. The van der Waals surface area contributed by atoms with Gasteiger partial charge in [-0.2, -0.15) is 0 Å². The zero-order chi connectivity index (χ0) is 18.4. The van der Waals surface area contributed by atoms with Crippen molar-refractivity contribution in [2.75, 3.05) is 13.1 Å². The normalized spacial score (nSPS) is 10.5.